The van der Waals surface area contributed by atoms with E-state index < -0.39 is 7.12 Å². The highest BCUT2D eigenvalue weighted by Gasteiger charge is 2.12. The molecule has 0 amide bonds. The summed E-state index contributed by atoms with van der Waals surface area (Å²) in [6.07, 6.45) is 0. The van der Waals surface area contributed by atoms with Crippen molar-refractivity contribution in [2.45, 2.75) is 0 Å². The Bertz CT molecular complexity index is 1460. The molecule has 3 N–H and O–H groups in total. The fraction of sp³-hybridized carbons (Fsp3) is 0. The van der Waals surface area contributed by atoms with Gasteiger partial charge in [0.1, 0.15) is 0 Å². The Balaban J connectivity index is 1.65. The van der Waals surface area contributed by atoms with Gasteiger partial charge in [0, 0.05) is 16.3 Å². The third kappa shape index (κ3) is 3.20. The molecule has 5 aromatic rings. The summed E-state index contributed by atoms with van der Waals surface area (Å²) in [6, 6.07) is 29.0. The van der Waals surface area contributed by atoms with Gasteiger partial charge in [-0.1, -0.05) is 66.7 Å². The fourth-order valence-corrected chi connectivity index (χ4v) is 3.92. The molecule has 30 heavy (non-hydrogen) atoms. The Hall–Kier alpha value is -3.67. The maximum Gasteiger partial charge on any atom is 0.488 e. The van der Waals surface area contributed by atoms with Crippen LogP contribution in [0.4, 0.5) is 0 Å². The van der Waals surface area contributed by atoms with Gasteiger partial charge in [-0.2, -0.15) is 0 Å². The second-order valence-electron chi connectivity index (χ2n) is 7.34. The van der Waals surface area contributed by atoms with Crippen LogP contribution in [0.3, 0.4) is 0 Å². The van der Waals surface area contributed by atoms with Crippen molar-refractivity contribution >= 4 is 34.3 Å². The molecule has 1 heterocycles. The molecular weight excluding hydrogens is 373 g/mol. The SMILES string of the molecule is O=c1[nH]c2ccc(-c3cccc(-c4cccc(B(O)O)c4)c3)cc2c2ccccc12. The number of benzene rings is 4. The Morgan fingerprint density at radius 1 is 0.600 bits per heavy atom. The number of hydrogen-bond donors (Lipinski definition) is 3. The van der Waals surface area contributed by atoms with Crippen molar-refractivity contribution in [1.82, 2.24) is 4.98 Å². The number of pyridine rings is 1. The first-order valence-electron chi connectivity index (χ1n) is 9.72. The summed E-state index contributed by atoms with van der Waals surface area (Å²) in [6.45, 7) is 0. The topological polar surface area (TPSA) is 73.3 Å². The quantitative estimate of drug-likeness (QED) is 0.324. The lowest BCUT2D eigenvalue weighted by molar-refractivity contribution is 0.426. The molecule has 0 saturated carbocycles. The van der Waals surface area contributed by atoms with Crippen molar-refractivity contribution < 1.29 is 10.0 Å². The van der Waals surface area contributed by atoms with Crippen LogP contribution in [-0.4, -0.2) is 22.2 Å². The first kappa shape index (κ1) is 18.4. The van der Waals surface area contributed by atoms with Gasteiger partial charge in [-0.15, -0.1) is 0 Å². The molecule has 5 rings (SSSR count). The van der Waals surface area contributed by atoms with Crippen LogP contribution in [0.25, 0.3) is 43.9 Å². The van der Waals surface area contributed by atoms with Crippen LogP contribution in [0, 0.1) is 0 Å². The maximum absolute atomic E-state index is 12.3. The summed E-state index contributed by atoms with van der Waals surface area (Å²) in [4.78, 5) is 15.3. The van der Waals surface area contributed by atoms with Crippen LogP contribution in [-0.2, 0) is 0 Å². The number of aromatic nitrogens is 1. The monoisotopic (exact) mass is 391 g/mol. The van der Waals surface area contributed by atoms with E-state index in [0.717, 1.165) is 38.5 Å². The van der Waals surface area contributed by atoms with E-state index >= 15 is 0 Å². The maximum atomic E-state index is 12.3. The molecule has 0 spiro atoms. The first-order chi connectivity index (χ1) is 14.6. The number of aromatic amines is 1. The predicted molar refractivity (Wildman–Crippen MR) is 123 cm³/mol. The summed E-state index contributed by atoms with van der Waals surface area (Å²) in [5.74, 6) is 0. The standard InChI is InChI=1S/C25H18BNO3/c28-25-22-10-2-1-9-21(22)23-15-19(11-12-24(23)27-25)17-6-3-5-16(13-17)18-7-4-8-20(14-18)26(29)30/h1-15,29-30H,(H,27,28). The molecule has 0 radical (unpaired) electrons. The van der Waals surface area contributed by atoms with Crippen molar-refractivity contribution in [1.29, 1.82) is 0 Å². The van der Waals surface area contributed by atoms with Crippen molar-refractivity contribution in [2.75, 3.05) is 0 Å². The van der Waals surface area contributed by atoms with Crippen LogP contribution < -0.4 is 11.0 Å². The summed E-state index contributed by atoms with van der Waals surface area (Å²) in [7, 11) is -1.50. The van der Waals surface area contributed by atoms with Gasteiger partial charge in [0.05, 0.1) is 0 Å². The lowest BCUT2D eigenvalue weighted by atomic mass is 9.79. The number of nitrogens with one attached hydrogen (secondary N) is 1. The zero-order valence-corrected chi connectivity index (χ0v) is 16.0. The molecule has 0 bridgehead atoms. The van der Waals surface area contributed by atoms with E-state index in [-0.39, 0.29) is 5.56 Å². The van der Waals surface area contributed by atoms with Crippen molar-refractivity contribution in [3.63, 3.8) is 0 Å². The highest BCUT2D eigenvalue weighted by Crippen LogP contribution is 2.30. The van der Waals surface area contributed by atoms with E-state index in [4.69, 9.17) is 0 Å². The molecule has 4 aromatic carbocycles. The molecule has 0 aliphatic rings. The summed E-state index contributed by atoms with van der Waals surface area (Å²) < 4.78 is 0. The van der Waals surface area contributed by atoms with Crippen LogP contribution >= 0.6 is 0 Å². The largest absolute Gasteiger partial charge is 0.488 e. The van der Waals surface area contributed by atoms with Gasteiger partial charge in [0.2, 0.25) is 0 Å². The molecular formula is C25H18BNO3. The van der Waals surface area contributed by atoms with E-state index in [9.17, 15) is 14.8 Å². The smallest absolute Gasteiger partial charge is 0.423 e. The molecule has 0 aliphatic heterocycles. The molecule has 5 heteroatoms. The molecule has 4 nitrogen and oxygen atoms in total. The van der Waals surface area contributed by atoms with E-state index in [1.165, 1.54) is 0 Å². The number of rotatable bonds is 3. The van der Waals surface area contributed by atoms with Crippen molar-refractivity contribution in [3.8, 4) is 22.3 Å². The van der Waals surface area contributed by atoms with Gasteiger partial charge < -0.3 is 15.0 Å². The van der Waals surface area contributed by atoms with Gasteiger partial charge >= 0.3 is 7.12 Å². The highest BCUT2D eigenvalue weighted by molar-refractivity contribution is 6.58. The highest BCUT2D eigenvalue weighted by atomic mass is 16.4. The third-order valence-electron chi connectivity index (χ3n) is 5.44. The lowest BCUT2D eigenvalue weighted by Gasteiger charge is -2.10. The number of H-pyrrole nitrogens is 1. The van der Waals surface area contributed by atoms with Crippen LogP contribution in [0.1, 0.15) is 0 Å². The van der Waals surface area contributed by atoms with E-state index in [0.29, 0.717) is 10.8 Å². The second-order valence-corrected chi connectivity index (χ2v) is 7.34. The minimum atomic E-state index is -1.50. The molecule has 144 valence electrons. The fourth-order valence-electron chi connectivity index (χ4n) is 3.92. The zero-order chi connectivity index (χ0) is 20.7. The Kier molecular flexibility index (Phi) is 4.47. The van der Waals surface area contributed by atoms with Crippen LogP contribution in [0.15, 0.2) is 95.8 Å². The minimum Gasteiger partial charge on any atom is -0.423 e. The van der Waals surface area contributed by atoms with E-state index in [1.807, 2.05) is 66.7 Å². The average Bonchev–Trinajstić information content (AvgIpc) is 2.79. The Labute approximate surface area is 173 Å². The van der Waals surface area contributed by atoms with Gasteiger partial charge in [-0.05, 0) is 57.4 Å². The van der Waals surface area contributed by atoms with E-state index in [1.54, 1.807) is 12.1 Å². The second kappa shape index (κ2) is 7.30. The predicted octanol–water partition coefficient (Wildman–Crippen LogP) is 3.70. The van der Waals surface area contributed by atoms with E-state index in [2.05, 4.69) is 17.1 Å². The zero-order valence-electron chi connectivity index (χ0n) is 16.0. The Morgan fingerprint density at radius 3 is 1.97 bits per heavy atom. The van der Waals surface area contributed by atoms with Gasteiger partial charge in [-0.25, -0.2) is 0 Å². The number of hydrogen-bond acceptors (Lipinski definition) is 3. The number of fused-ring (bicyclic) bond motifs is 3. The molecule has 0 fully saturated rings. The summed E-state index contributed by atoms with van der Waals surface area (Å²) in [5, 5.41) is 21.5. The average molecular weight is 391 g/mol. The molecule has 0 unspecified atom stereocenters. The normalized spacial score (nSPS) is 11.1. The first-order valence-corrected chi connectivity index (χ1v) is 9.72. The van der Waals surface area contributed by atoms with Gasteiger partial charge in [-0.3, -0.25) is 4.79 Å². The van der Waals surface area contributed by atoms with Crippen LogP contribution in [0.2, 0.25) is 0 Å². The van der Waals surface area contributed by atoms with Crippen molar-refractivity contribution in [3.05, 3.63) is 101 Å². The Morgan fingerprint density at radius 2 is 1.23 bits per heavy atom. The molecule has 0 aliphatic carbocycles. The lowest BCUT2D eigenvalue weighted by Crippen LogP contribution is -2.29. The minimum absolute atomic E-state index is 0.0844. The molecule has 0 atom stereocenters. The summed E-state index contributed by atoms with van der Waals surface area (Å²) in [5.41, 5.74) is 5.17. The molecule has 0 saturated heterocycles. The molecule has 1 aromatic heterocycles. The van der Waals surface area contributed by atoms with Crippen molar-refractivity contribution in [2.24, 2.45) is 0 Å². The van der Waals surface area contributed by atoms with Gasteiger partial charge in [0.25, 0.3) is 5.56 Å². The summed E-state index contributed by atoms with van der Waals surface area (Å²) >= 11 is 0. The third-order valence-corrected chi connectivity index (χ3v) is 5.44. The van der Waals surface area contributed by atoms with Crippen LogP contribution in [0.5, 0.6) is 0 Å². The van der Waals surface area contributed by atoms with Gasteiger partial charge in [0.15, 0.2) is 0 Å².